The second-order valence-electron chi connectivity index (χ2n) is 4.31. The molecule has 3 aromatic rings. The molecule has 1 N–H and O–H groups in total. The number of aromatic amines is 1. The van der Waals surface area contributed by atoms with Crippen LogP contribution in [0.1, 0.15) is 17.0 Å². The summed E-state index contributed by atoms with van der Waals surface area (Å²) in [7, 11) is 0. The van der Waals surface area contributed by atoms with Crippen LogP contribution in [-0.2, 0) is 6.42 Å². The minimum absolute atomic E-state index is 0.794. The number of nitrogens with zero attached hydrogens (tertiary/aromatic N) is 2. The molecule has 0 aliphatic carbocycles. The van der Waals surface area contributed by atoms with Gasteiger partial charge in [-0.3, -0.25) is 0 Å². The highest BCUT2D eigenvalue weighted by molar-refractivity contribution is 9.10. The van der Waals surface area contributed by atoms with Crippen LogP contribution in [0.3, 0.4) is 0 Å². The van der Waals surface area contributed by atoms with E-state index < -0.39 is 0 Å². The average molecular weight is 302 g/mol. The highest BCUT2D eigenvalue weighted by Gasteiger charge is 2.06. The van der Waals surface area contributed by atoms with Crippen LogP contribution in [0.5, 0.6) is 0 Å². The third-order valence-electron chi connectivity index (χ3n) is 2.93. The topological polar surface area (TPSA) is 41.6 Å². The molecule has 0 aliphatic heterocycles. The molecule has 0 amide bonds. The Hall–Kier alpha value is -1.68. The number of hydrogen-bond donors (Lipinski definition) is 1. The van der Waals surface area contributed by atoms with Gasteiger partial charge in [0.25, 0.3) is 0 Å². The lowest BCUT2D eigenvalue weighted by Crippen LogP contribution is -1.90. The zero-order valence-electron chi connectivity index (χ0n) is 9.94. The molecule has 18 heavy (non-hydrogen) atoms. The Morgan fingerprint density at radius 3 is 2.67 bits per heavy atom. The number of nitrogens with one attached hydrogen (secondary N) is 1. The third kappa shape index (κ3) is 2.16. The predicted molar refractivity (Wildman–Crippen MR) is 75.6 cm³/mol. The minimum atomic E-state index is 0.794. The van der Waals surface area contributed by atoms with Gasteiger partial charge in [-0.25, -0.2) is 9.97 Å². The molecule has 0 atom stereocenters. The molecule has 0 fully saturated rings. The number of rotatable bonds is 2. The smallest absolute Gasteiger partial charge is 0.177 e. The van der Waals surface area contributed by atoms with Crippen LogP contribution in [0.15, 0.2) is 41.0 Å². The molecule has 0 unspecified atom stereocenters. The molecule has 2 aromatic heterocycles. The fourth-order valence-corrected chi connectivity index (χ4v) is 2.23. The van der Waals surface area contributed by atoms with Gasteiger partial charge in [-0.05, 0) is 36.2 Å². The second-order valence-corrected chi connectivity index (χ2v) is 5.23. The number of aryl methyl sites for hydroxylation is 1. The maximum atomic E-state index is 4.51. The zero-order valence-corrected chi connectivity index (χ0v) is 11.5. The van der Waals surface area contributed by atoms with Crippen LogP contribution < -0.4 is 0 Å². The van der Waals surface area contributed by atoms with Gasteiger partial charge in [-0.15, -0.1) is 0 Å². The van der Waals surface area contributed by atoms with Crippen LogP contribution in [0.4, 0.5) is 0 Å². The lowest BCUT2D eigenvalue weighted by molar-refractivity contribution is 1.03. The molecule has 3 rings (SSSR count). The molecular weight excluding hydrogens is 290 g/mol. The lowest BCUT2D eigenvalue weighted by Gasteiger charge is -1.98. The van der Waals surface area contributed by atoms with Gasteiger partial charge in [-0.1, -0.05) is 28.1 Å². The summed E-state index contributed by atoms with van der Waals surface area (Å²) in [6.07, 6.45) is 2.59. The highest BCUT2D eigenvalue weighted by atomic mass is 79.9. The summed E-state index contributed by atoms with van der Waals surface area (Å²) in [5.74, 6) is 0.953. The van der Waals surface area contributed by atoms with Gasteiger partial charge < -0.3 is 4.98 Å². The van der Waals surface area contributed by atoms with Gasteiger partial charge in [0, 0.05) is 17.1 Å². The number of imidazole rings is 1. The molecule has 90 valence electrons. The van der Waals surface area contributed by atoms with Gasteiger partial charge in [0.05, 0.1) is 5.52 Å². The molecule has 0 saturated heterocycles. The van der Waals surface area contributed by atoms with E-state index in [-0.39, 0.29) is 0 Å². The average Bonchev–Trinajstić information content (AvgIpc) is 2.76. The molecular formula is C14H12BrN3. The normalized spacial score (nSPS) is 11.0. The van der Waals surface area contributed by atoms with E-state index in [1.54, 1.807) is 6.20 Å². The Labute approximate surface area is 113 Å². The van der Waals surface area contributed by atoms with Crippen molar-refractivity contribution in [3.05, 3.63) is 58.0 Å². The van der Waals surface area contributed by atoms with E-state index in [0.717, 1.165) is 27.9 Å². The van der Waals surface area contributed by atoms with Gasteiger partial charge in [0.1, 0.15) is 5.82 Å². The maximum Gasteiger partial charge on any atom is 0.177 e. The maximum absolute atomic E-state index is 4.51. The summed E-state index contributed by atoms with van der Waals surface area (Å²) in [5, 5.41) is 0. The van der Waals surface area contributed by atoms with E-state index >= 15 is 0 Å². The van der Waals surface area contributed by atoms with Crippen LogP contribution in [0.25, 0.3) is 11.2 Å². The number of pyridine rings is 1. The van der Waals surface area contributed by atoms with Crippen LogP contribution in [0.2, 0.25) is 0 Å². The van der Waals surface area contributed by atoms with Crippen LogP contribution in [-0.4, -0.2) is 15.0 Å². The first-order valence-corrected chi connectivity index (χ1v) is 6.56. The summed E-state index contributed by atoms with van der Waals surface area (Å²) in [5.41, 5.74) is 4.23. The molecule has 3 nitrogen and oxygen atoms in total. The van der Waals surface area contributed by atoms with E-state index in [0.29, 0.717) is 0 Å². The molecule has 0 bridgehead atoms. The Morgan fingerprint density at radius 1 is 1.17 bits per heavy atom. The van der Waals surface area contributed by atoms with E-state index in [1.807, 2.05) is 18.2 Å². The van der Waals surface area contributed by atoms with Crippen molar-refractivity contribution in [3.63, 3.8) is 0 Å². The monoisotopic (exact) mass is 301 g/mol. The number of fused-ring (bicyclic) bond motifs is 1. The van der Waals surface area contributed by atoms with Crippen LogP contribution in [0, 0.1) is 6.92 Å². The summed E-state index contributed by atoms with van der Waals surface area (Å²) in [6.45, 7) is 2.06. The molecule has 4 heteroatoms. The fourth-order valence-electron chi connectivity index (χ4n) is 1.96. The van der Waals surface area contributed by atoms with Crippen molar-refractivity contribution in [1.29, 1.82) is 0 Å². The Bertz CT molecular complexity index is 686. The van der Waals surface area contributed by atoms with Crippen LogP contribution >= 0.6 is 15.9 Å². The fraction of sp³-hybridized carbons (Fsp3) is 0.143. The predicted octanol–water partition coefficient (Wildman–Crippen LogP) is 3.62. The summed E-state index contributed by atoms with van der Waals surface area (Å²) >= 11 is 3.44. The van der Waals surface area contributed by atoms with Crippen molar-refractivity contribution in [3.8, 4) is 0 Å². The Balaban J connectivity index is 1.95. The van der Waals surface area contributed by atoms with Crippen molar-refractivity contribution in [2.75, 3.05) is 0 Å². The second kappa shape index (κ2) is 4.53. The van der Waals surface area contributed by atoms with Crippen molar-refractivity contribution in [1.82, 2.24) is 15.0 Å². The molecule has 0 radical (unpaired) electrons. The first-order chi connectivity index (χ1) is 8.72. The molecule has 1 aromatic carbocycles. The molecule has 0 saturated carbocycles. The number of aromatic nitrogens is 3. The van der Waals surface area contributed by atoms with E-state index in [9.17, 15) is 0 Å². The van der Waals surface area contributed by atoms with E-state index in [4.69, 9.17) is 0 Å². The number of hydrogen-bond acceptors (Lipinski definition) is 2. The van der Waals surface area contributed by atoms with E-state index in [2.05, 4.69) is 49.9 Å². The summed E-state index contributed by atoms with van der Waals surface area (Å²) in [6, 6.07) is 10.3. The van der Waals surface area contributed by atoms with E-state index in [1.165, 1.54) is 11.1 Å². The van der Waals surface area contributed by atoms with Crippen molar-refractivity contribution in [2.45, 2.75) is 13.3 Å². The third-order valence-corrected chi connectivity index (χ3v) is 3.46. The lowest BCUT2D eigenvalue weighted by atomic mass is 10.1. The quantitative estimate of drug-likeness (QED) is 0.785. The van der Waals surface area contributed by atoms with Gasteiger partial charge in [-0.2, -0.15) is 0 Å². The number of H-pyrrole nitrogens is 1. The minimum Gasteiger partial charge on any atom is -0.340 e. The molecule has 2 heterocycles. The summed E-state index contributed by atoms with van der Waals surface area (Å²) < 4.78 is 1.09. The number of benzene rings is 1. The highest BCUT2D eigenvalue weighted by Crippen LogP contribution is 2.16. The molecule has 0 aliphatic rings. The number of halogens is 1. The first-order valence-electron chi connectivity index (χ1n) is 5.77. The first kappa shape index (κ1) is 11.4. The largest absolute Gasteiger partial charge is 0.340 e. The zero-order chi connectivity index (χ0) is 12.5. The SMILES string of the molecule is Cc1ccnc2nc(Cc3ccc(Br)cc3)[nH]c12. The van der Waals surface area contributed by atoms with Gasteiger partial charge >= 0.3 is 0 Å². The van der Waals surface area contributed by atoms with Crippen molar-refractivity contribution >= 4 is 27.1 Å². The standard InChI is InChI=1S/C14H12BrN3/c1-9-6-7-16-14-13(9)17-12(18-14)8-10-2-4-11(15)5-3-10/h2-7H,8H2,1H3,(H,16,17,18). The van der Waals surface area contributed by atoms with Crippen molar-refractivity contribution in [2.24, 2.45) is 0 Å². The van der Waals surface area contributed by atoms with Crippen molar-refractivity contribution < 1.29 is 0 Å². The Morgan fingerprint density at radius 2 is 1.94 bits per heavy atom. The Kier molecular flexibility index (Phi) is 2.88. The molecule has 0 spiro atoms. The van der Waals surface area contributed by atoms with Gasteiger partial charge in [0.2, 0.25) is 0 Å². The summed E-state index contributed by atoms with van der Waals surface area (Å²) in [4.78, 5) is 12.1. The van der Waals surface area contributed by atoms with Gasteiger partial charge in [0.15, 0.2) is 5.65 Å².